The molecule has 34 heavy (non-hydrogen) atoms. The Bertz CT molecular complexity index is 1360. The fourth-order valence-electron chi connectivity index (χ4n) is 3.76. The van der Waals surface area contributed by atoms with Gasteiger partial charge in [-0.2, -0.15) is 0 Å². The predicted molar refractivity (Wildman–Crippen MR) is 125 cm³/mol. The number of aromatic nitrogens is 2. The zero-order valence-corrected chi connectivity index (χ0v) is 18.9. The van der Waals surface area contributed by atoms with Crippen LogP contribution in [0.15, 0.2) is 88.7 Å². The second kappa shape index (κ2) is 8.95. The highest BCUT2D eigenvalue weighted by Gasteiger charge is 2.46. The maximum absolute atomic E-state index is 13.2. The molecular formula is C25H19N3O5S. The number of ketones is 1. The van der Waals surface area contributed by atoms with Gasteiger partial charge in [0.05, 0.1) is 17.9 Å². The molecule has 0 bridgehead atoms. The molecule has 1 aliphatic heterocycles. The number of aryl methyl sites for hydroxylation is 1. The molecule has 1 amide bonds. The van der Waals surface area contributed by atoms with Crippen LogP contribution < -0.4 is 9.64 Å². The normalized spacial score (nSPS) is 15.7. The number of amides is 1. The Morgan fingerprint density at radius 1 is 1.09 bits per heavy atom. The molecule has 0 radical (unpaired) electrons. The van der Waals surface area contributed by atoms with Crippen molar-refractivity contribution in [2.24, 2.45) is 0 Å². The largest absolute Gasteiger partial charge is 0.503 e. The number of Topliss-reactive ketones (excluding diaryl/α,β-unsaturated/α-hetero) is 1. The third kappa shape index (κ3) is 3.97. The molecule has 0 spiro atoms. The molecule has 0 fully saturated rings. The van der Waals surface area contributed by atoms with Crippen LogP contribution in [0, 0.1) is 6.92 Å². The van der Waals surface area contributed by atoms with Gasteiger partial charge in [0, 0.05) is 0 Å². The van der Waals surface area contributed by atoms with Crippen molar-refractivity contribution < 1.29 is 23.8 Å². The van der Waals surface area contributed by atoms with E-state index in [9.17, 15) is 14.7 Å². The number of hydrogen-bond donors (Lipinski definition) is 1. The maximum atomic E-state index is 13.2. The van der Waals surface area contributed by atoms with Crippen molar-refractivity contribution in [2.45, 2.75) is 19.6 Å². The summed E-state index contributed by atoms with van der Waals surface area (Å²) in [6.45, 7) is 2.17. The molecule has 0 aliphatic carbocycles. The molecule has 2 aromatic carbocycles. The molecule has 8 nitrogen and oxygen atoms in total. The Balaban J connectivity index is 1.49. The standard InChI is InChI=1S/C25H19N3O5S/c1-15-26-27-25(34-15)28-21(20(23(30)24(28)31)22(29)19-8-5-13-32-19)17-9-11-18(12-10-17)33-14-16-6-3-2-4-7-16/h2-13,21,30H,14H2,1H3/t21-/m0/s1. The second-order valence-corrected chi connectivity index (χ2v) is 8.75. The molecule has 2 aromatic heterocycles. The van der Waals surface area contributed by atoms with Gasteiger partial charge in [0.25, 0.3) is 5.91 Å². The highest BCUT2D eigenvalue weighted by Crippen LogP contribution is 2.43. The molecule has 4 aromatic rings. The Hall–Kier alpha value is -4.24. The number of furan rings is 1. The van der Waals surface area contributed by atoms with Gasteiger partial charge in [-0.05, 0) is 42.3 Å². The van der Waals surface area contributed by atoms with Gasteiger partial charge in [-0.25, -0.2) is 0 Å². The van der Waals surface area contributed by atoms with Crippen molar-refractivity contribution in [3.05, 3.63) is 106 Å². The van der Waals surface area contributed by atoms with Crippen LogP contribution in [0.5, 0.6) is 5.75 Å². The lowest BCUT2D eigenvalue weighted by Crippen LogP contribution is -2.31. The van der Waals surface area contributed by atoms with E-state index < -0.39 is 23.5 Å². The number of aliphatic hydroxyl groups excluding tert-OH is 1. The van der Waals surface area contributed by atoms with Gasteiger partial charge < -0.3 is 14.3 Å². The molecule has 0 saturated heterocycles. The number of ether oxygens (including phenoxy) is 1. The van der Waals surface area contributed by atoms with Gasteiger partial charge >= 0.3 is 0 Å². The van der Waals surface area contributed by atoms with E-state index in [0.29, 0.717) is 22.9 Å². The van der Waals surface area contributed by atoms with Crippen LogP contribution in [0.1, 0.15) is 32.7 Å². The van der Waals surface area contributed by atoms with Crippen LogP contribution in [-0.4, -0.2) is 27.0 Å². The zero-order valence-electron chi connectivity index (χ0n) is 18.0. The van der Waals surface area contributed by atoms with E-state index in [2.05, 4.69) is 10.2 Å². The Morgan fingerprint density at radius 2 is 1.85 bits per heavy atom. The highest BCUT2D eigenvalue weighted by molar-refractivity contribution is 7.15. The first-order valence-electron chi connectivity index (χ1n) is 10.4. The van der Waals surface area contributed by atoms with E-state index in [1.165, 1.54) is 28.6 Å². The van der Waals surface area contributed by atoms with Crippen molar-refractivity contribution in [2.75, 3.05) is 4.90 Å². The summed E-state index contributed by atoms with van der Waals surface area (Å²) in [5.74, 6) is -1.28. The first-order chi connectivity index (χ1) is 16.5. The minimum atomic E-state index is -0.902. The van der Waals surface area contributed by atoms with Gasteiger partial charge in [0.1, 0.15) is 17.4 Å². The third-order valence-corrected chi connectivity index (χ3v) is 6.20. The SMILES string of the molecule is Cc1nnc(N2C(=O)C(O)=C(C(=O)c3ccco3)[C@@H]2c2ccc(OCc3ccccc3)cc2)s1. The van der Waals surface area contributed by atoms with Crippen molar-refractivity contribution in [1.82, 2.24) is 10.2 Å². The summed E-state index contributed by atoms with van der Waals surface area (Å²) >= 11 is 1.19. The molecule has 0 saturated carbocycles. The molecule has 3 heterocycles. The molecule has 1 atom stereocenters. The van der Waals surface area contributed by atoms with Crippen molar-refractivity contribution in [3.8, 4) is 5.75 Å². The average molecular weight is 474 g/mol. The molecule has 170 valence electrons. The predicted octanol–water partition coefficient (Wildman–Crippen LogP) is 4.80. The first-order valence-corrected chi connectivity index (χ1v) is 11.3. The zero-order chi connectivity index (χ0) is 23.7. The monoisotopic (exact) mass is 473 g/mol. The lowest BCUT2D eigenvalue weighted by molar-refractivity contribution is -0.117. The quantitative estimate of drug-likeness (QED) is 0.384. The summed E-state index contributed by atoms with van der Waals surface area (Å²) in [5, 5.41) is 19.7. The Morgan fingerprint density at radius 3 is 2.50 bits per heavy atom. The van der Waals surface area contributed by atoms with Gasteiger partial charge in [0.2, 0.25) is 10.9 Å². The minimum absolute atomic E-state index is 0.0254. The van der Waals surface area contributed by atoms with Crippen molar-refractivity contribution in [1.29, 1.82) is 0 Å². The third-order valence-electron chi connectivity index (χ3n) is 5.36. The number of rotatable bonds is 7. The summed E-state index contributed by atoms with van der Waals surface area (Å²) in [6, 6.07) is 19.0. The van der Waals surface area contributed by atoms with Crippen LogP contribution in [0.25, 0.3) is 0 Å². The first kappa shape index (κ1) is 21.6. The van der Waals surface area contributed by atoms with Crippen molar-refractivity contribution in [3.63, 3.8) is 0 Å². The topological polar surface area (TPSA) is 106 Å². The summed E-state index contributed by atoms with van der Waals surface area (Å²) in [4.78, 5) is 27.6. The number of carbonyl (C=O) groups is 2. The summed E-state index contributed by atoms with van der Waals surface area (Å²) < 4.78 is 11.1. The summed E-state index contributed by atoms with van der Waals surface area (Å²) in [7, 11) is 0. The molecule has 1 aliphatic rings. The van der Waals surface area contributed by atoms with Crippen LogP contribution in [0.4, 0.5) is 5.13 Å². The van der Waals surface area contributed by atoms with Gasteiger partial charge in [-0.3, -0.25) is 14.5 Å². The lowest BCUT2D eigenvalue weighted by Gasteiger charge is -2.24. The molecular weight excluding hydrogens is 454 g/mol. The van der Waals surface area contributed by atoms with E-state index in [1.807, 2.05) is 30.3 Å². The average Bonchev–Trinajstić information content (AvgIpc) is 3.59. The number of aliphatic hydroxyl groups is 1. The maximum Gasteiger partial charge on any atom is 0.296 e. The number of nitrogens with zero attached hydrogens (tertiary/aromatic N) is 3. The summed E-state index contributed by atoms with van der Waals surface area (Å²) in [6.07, 6.45) is 1.36. The molecule has 9 heteroatoms. The van der Waals surface area contributed by atoms with E-state index in [0.717, 1.165) is 5.56 Å². The number of benzene rings is 2. The smallest absolute Gasteiger partial charge is 0.296 e. The number of hydrogen-bond acceptors (Lipinski definition) is 8. The van der Waals surface area contributed by atoms with Gasteiger partial charge in [0.15, 0.2) is 11.5 Å². The molecule has 5 rings (SSSR count). The van der Waals surface area contributed by atoms with Crippen LogP contribution in [0.3, 0.4) is 0 Å². The van der Waals surface area contributed by atoms with Gasteiger partial charge in [-0.15, -0.1) is 10.2 Å². The van der Waals surface area contributed by atoms with E-state index in [4.69, 9.17) is 9.15 Å². The van der Waals surface area contributed by atoms with E-state index in [-0.39, 0.29) is 16.5 Å². The lowest BCUT2D eigenvalue weighted by atomic mass is 9.95. The van der Waals surface area contributed by atoms with E-state index in [1.54, 1.807) is 37.3 Å². The fraction of sp³-hybridized carbons (Fsp3) is 0.120. The van der Waals surface area contributed by atoms with Crippen LogP contribution in [-0.2, 0) is 11.4 Å². The minimum Gasteiger partial charge on any atom is -0.503 e. The summed E-state index contributed by atoms with van der Waals surface area (Å²) in [5.41, 5.74) is 1.56. The number of anilines is 1. The fourth-order valence-corrected chi connectivity index (χ4v) is 4.48. The van der Waals surface area contributed by atoms with Crippen LogP contribution in [0.2, 0.25) is 0 Å². The highest BCUT2D eigenvalue weighted by atomic mass is 32.1. The van der Waals surface area contributed by atoms with Crippen LogP contribution >= 0.6 is 11.3 Å². The molecule has 1 N–H and O–H groups in total. The van der Waals surface area contributed by atoms with Gasteiger partial charge in [-0.1, -0.05) is 53.8 Å². The molecule has 0 unspecified atom stereocenters. The number of carbonyl (C=O) groups excluding carboxylic acids is 2. The Kier molecular flexibility index (Phi) is 5.69. The van der Waals surface area contributed by atoms with E-state index >= 15 is 0 Å². The van der Waals surface area contributed by atoms with Crippen molar-refractivity contribution >= 4 is 28.2 Å². The second-order valence-electron chi connectivity index (χ2n) is 7.59. The Labute approximate surface area is 198 Å².